The molecule has 2 heterocycles. The van der Waals surface area contributed by atoms with E-state index >= 15 is 0 Å². The first-order valence-corrected chi connectivity index (χ1v) is 14.1. The van der Waals surface area contributed by atoms with Crippen LogP contribution in [0.3, 0.4) is 0 Å². The smallest absolute Gasteiger partial charge is 0.240 e. The number of carbonyl (C=O) groups is 2. The van der Waals surface area contributed by atoms with Gasteiger partial charge in [-0.3, -0.25) is 14.5 Å². The number of hydrogen-bond donors (Lipinski definition) is 1. The minimum atomic E-state index is -0.421. The standard InChI is InChI=1S/C30H28ClFN4O2S/c1-19(2)16-33-25(37)17-35-26(38)18-39-29(21-11-8-12-22(32)15-21)27-28(20-9-4-3-5-10-20)34-36(30(27)35)24-14-7-6-13-23(24)31/h3-15,19,29H,16-18H2,1-2H3,(H,33,37)/t29-/m1/s1. The molecule has 0 saturated heterocycles. The van der Waals surface area contributed by atoms with Gasteiger partial charge in [0.05, 0.1) is 27.4 Å². The molecule has 0 unspecified atom stereocenters. The molecule has 0 aliphatic carbocycles. The summed E-state index contributed by atoms with van der Waals surface area (Å²) in [5.41, 5.74) is 3.47. The third-order valence-electron chi connectivity index (χ3n) is 6.38. The molecule has 0 radical (unpaired) electrons. The average Bonchev–Trinajstić information content (AvgIpc) is 3.24. The van der Waals surface area contributed by atoms with Crippen LogP contribution in [0.5, 0.6) is 0 Å². The Balaban J connectivity index is 1.78. The van der Waals surface area contributed by atoms with Crippen molar-refractivity contribution in [1.82, 2.24) is 15.1 Å². The number of fused-ring (bicyclic) bond motifs is 1. The number of anilines is 1. The molecule has 0 bridgehead atoms. The van der Waals surface area contributed by atoms with E-state index in [0.29, 0.717) is 34.3 Å². The maximum absolute atomic E-state index is 14.4. The van der Waals surface area contributed by atoms with Crippen molar-refractivity contribution in [2.45, 2.75) is 19.1 Å². The van der Waals surface area contributed by atoms with Crippen LogP contribution in [0, 0.1) is 11.7 Å². The van der Waals surface area contributed by atoms with Crippen LogP contribution in [0.4, 0.5) is 10.2 Å². The molecule has 9 heteroatoms. The Morgan fingerprint density at radius 2 is 1.85 bits per heavy atom. The summed E-state index contributed by atoms with van der Waals surface area (Å²) in [5, 5.41) is 7.94. The molecular weight excluding hydrogens is 535 g/mol. The molecule has 1 N–H and O–H groups in total. The fourth-order valence-corrected chi connectivity index (χ4v) is 5.97. The Kier molecular flexibility index (Phi) is 8.04. The zero-order chi connectivity index (χ0) is 27.5. The topological polar surface area (TPSA) is 67.2 Å². The molecule has 1 aliphatic rings. The van der Waals surface area contributed by atoms with E-state index < -0.39 is 5.25 Å². The van der Waals surface area contributed by atoms with Crippen molar-refractivity contribution in [2.24, 2.45) is 5.92 Å². The average molecular weight is 563 g/mol. The van der Waals surface area contributed by atoms with E-state index in [-0.39, 0.29) is 35.8 Å². The van der Waals surface area contributed by atoms with Crippen LogP contribution in [-0.2, 0) is 9.59 Å². The van der Waals surface area contributed by atoms with E-state index in [9.17, 15) is 14.0 Å². The second kappa shape index (κ2) is 11.6. The first-order valence-electron chi connectivity index (χ1n) is 12.7. The Labute approximate surface area is 236 Å². The number of nitrogens with one attached hydrogen (secondary N) is 1. The molecule has 1 aromatic heterocycles. The van der Waals surface area contributed by atoms with Crippen LogP contribution >= 0.6 is 23.4 Å². The number of carbonyl (C=O) groups excluding carboxylic acids is 2. The molecule has 6 nitrogen and oxygen atoms in total. The van der Waals surface area contributed by atoms with Gasteiger partial charge in [-0.1, -0.05) is 80.0 Å². The van der Waals surface area contributed by atoms with Gasteiger partial charge >= 0.3 is 0 Å². The first kappa shape index (κ1) is 27.0. The highest BCUT2D eigenvalue weighted by Crippen LogP contribution is 2.48. The number of amides is 2. The van der Waals surface area contributed by atoms with Gasteiger partial charge in [0.25, 0.3) is 0 Å². The van der Waals surface area contributed by atoms with Crippen molar-refractivity contribution < 1.29 is 14.0 Å². The molecule has 200 valence electrons. The third-order valence-corrected chi connectivity index (χ3v) is 7.95. The predicted molar refractivity (Wildman–Crippen MR) is 155 cm³/mol. The van der Waals surface area contributed by atoms with Gasteiger partial charge in [0.1, 0.15) is 18.2 Å². The largest absolute Gasteiger partial charge is 0.354 e. The summed E-state index contributed by atoms with van der Waals surface area (Å²) in [7, 11) is 0. The monoisotopic (exact) mass is 562 g/mol. The van der Waals surface area contributed by atoms with Gasteiger partial charge < -0.3 is 5.32 Å². The van der Waals surface area contributed by atoms with Crippen molar-refractivity contribution >= 4 is 41.0 Å². The van der Waals surface area contributed by atoms with Crippen molar-refractivity contribution in [2.75, 3.05) is 23.7 Å². The number of aromatic nitrogens is 2. The molecule has 0 fully saturated rings. The van der Waals surface area contributed by atoms with E-state index in [0.717, 1.165) is 11.1 Å². The molecule has 5 rings (SSSR count). The lowest BCUT2D eigenvalue weighted by Gasteiger charge is -2.23. The van der Waals surface area contributed by atoms with E-state index in [1.165, 1.54) is 28.8 Å². The molecule has 3 aromatic carbocycles. The third kappa shape index (κ3) is 5.72. The van der Waals surface area contributed by atoms with E-state index in [1.54, 1.807) is 16.8 Å². The Bertz CT molecular complexity index is 1510. The van der Waals surface area contributed by atoms with E-state index in [4.69, 9.17) is 16.7 Å². The summed E-state index contributed by atoms with van der Waals surface area (Å²) in [5.74, 6) is -0.0705. The fourth-order valence-electron chi connectivity index (χ4n) is 4.57. The van der Waals surface area contributed by atoms with Crippen LogP contribution in [0.15, 0.2) is 78.9 Å². The van der Waals surface area contributed by atoms with Gasteiger partial charge in [-0.2, -0.15) is 5.10 Å². The highest BCUT2D eigenvalue weighted by molar-refractivity contribution is 8.00. The molecule has 1 aliphatic heterocycles. The number of benzene rings is 3. The molecular formula is C30H28ClFN4O2S. The lowest BCUT2D eigenvalue weighted by atomic mass is 9.99. The molecule has 39 heavy (non-hydrogen) atoms. The zero-order valence-electron chi connectivity index (χ0n) is 21.6. The van der Waals surface area contributed by atoms with Crippen molar-refractivity contribution in [3.05, 3.63) is 101 Å². The van der Waals surface area contributed by atoms with Crippen LogP contribution in [0.2, 0.25) is 5.02 Å². The number of nitrogens with zero attached hydrogens (tertiary/aromatic N) is 3. The van der Waals surface area contributed by atoms with Gasteiger partial charge in [0.2, 0.25) is 11.8 Å². The van der Waals surface area contributed by atoms with Gasteiger partial charge in [0, 0.05) is 17.7 Å². The molecule has 0 spiro atoms. The predicted octanol–water partition coefficient (Wildman–Crippen LogP) is 6.27. The Morgan fingerprint density at radius 3 is 2.56 bits per heavy atom. The highest BCUT2D eigenvalue weighted by Gasteiger charge is 2.38. The van der Waals surface area contributed by atoms with Crippen LogP contribution in [-0.4, -0.2) is 40.4 Å². The van der Waals surface area contributed by atoms with E-state index in [1.807, 2.05) is 68.4 Å². The number of para-hydroxylation sites is 1. The van der Waals surface area contributed by atoms with Gasteiger partial charge in [0.15, 0.2) is 0 Å². The minimum Gasteiger partial charge on any atom is -0.354 e. The fraction of sp³-hybridized carbons (Fsp3) is 0.233. The number of halogens is 2. The van der Waals surface area contributed by atoms with Crippen molar-refractivity contribution in [1.29, 1.82) is 0 Å². The molecule has 4 aromatic rings. The molecule has 1 atom stereocenters. The first-order chi connectivity index (χ1) is 18.8. The van der Waals surface area contributed by atoms with Gasteiger partial charge in [-0.15, -0.1) is 11.8 Å². The highest BCUT2D eigenvalue weighted by atomic mass is 35.5. The summed E-state index contributed by atoms with van der Waals surface area (Å²) >= 11 is 8.04. The maximum atomic E-state index is 14.4. The van der Waals surface area contributed by atoms with Crippen LogP contribution in [0.1, 0.15) is 30.2 Å². The number of thioether (sulfide) groups is 1. The minimum absolute atomic E-state index is 0.101. The Morgan fingerprint density at radius 1 is 1.10 bits per heavy atom. The summed E-state index contributed by atoms with van der Waals surface area (Å²) in [4.78, 5) is 28.2. The summed E-state index contributed by atoms with van der Waals surface area (Å²) < 4.78 is 16.1. The normalized spacial score (nSPS) is 15.3. The van der Waals surface area contributed by atoms with E-state index in [2.05, 4.69) is 5.32 Å². The second-order valence-electron chi connectivity index (χ2n) is 9.74. The van der Waals surface area contributed by atoms with Crippen molar-refractivity contribution in [3.63, 3.8) is 0 Å². The summed E-state index contributed by atoms with van der Waals surface area (Å²) in [6.45, 7) is 4.33. The van der Waals surface area contributed by atoms with Crippen molar-refractivity contribution in [3.8, 4) is 16.9 Å². The quantitative estimate of drug-likeness (QED) is 0.288. The number of rotatable bonds is 7. The Hall–Kier alpha value is -3.62. The molecule has 2 amide bonds. The second-order valence-corrected chi connectivity index (χ2v) is 11.2. The van der Waals surface area contributed by atoms with Gasteiger partial charge in [-0.05, 0) is 35.7 Å². The summed E-state index contributed by atoms with van der Waals surface area (Å²) in [6.07, 6.45) is 0. The van der Waals surface area contributed by atoms with Gasteiger partial charge in [-0.25, -0.2) is 9.07 Å². The number of hydrogen-bond acceptors (Lipinski definition) is 4. The zero-order valence-corrected chi connectivity index (χ0v) is 23.2. The maximum Gasteiger partial charge on any atom is 0.240 e. The lowest BCUT2D eigenvalue weighted by Crippen LogP contribution is -2.43. The lowest BCUT2D eigenvalue weighted by molar-refractivity contribution is -0.123. The van der Waals surface area contributed by atoms with Crippen LogP contribution < -0.4 is 10.2 Å². The summed E-state index contributed by atoms with van der Waals surface area (Å²) in [6, 6.07) is 23.3. The molecule has 0 saturated carbocycles. The SMILES string of the molecule is CC(C)CNC(=O)CN1C(=O)CS[C@H](c2cccc(F)c2)c2c(-c3ccccc3)nn(-c3ccccc3Cl)c21. The van der Waals surface area contributed by atoms with Crippen LogP contribution in [0.25, 0.3) is 16.9 Å².